The Hall–Kier alpha value is -2.08. The van der Waals surface area contributed by atoms with Gasteiger partial charge in [0.1, 0.15) is 18.4 Å². The van der Waals surface area contributed by atoms with Gasteiger partial charge < -0.3 is 15.2 Å². The van der Waals surface area contributed by atoms with E-state index in [1.165, 1.54) is 0 Å². The van der Waals surface area contributed by atoms with Gasteiger partial charge in [-0.1, -0.05) is 0 Å². The summed E-state index contributed by atoms with van der Waals surface area (Å²) in [4.78, 5) is 24.4. The van der Waals surface area contributed by atoms with E-state index in [2.05, 4.69) is 5.32 Å². The van der Waals surface area contributed by atoms with Crippen molar-refractivity contribution in [2.75, 3.05) is 25.0 Å². The number of rotatable bonds is 5. The Labute approximate surface area is 129 Å². The predicted octanol–water partition coefficient (Wildman–Crippen LogP) is 1.50. The molecular formula is C16H20N2O4. The number of carboxylic acids is 1. The van der Waals surface area contributed by atoms with Crippen molar-refractivity contribution in [2.24, 2.45) is 0 Å². The Kier molecular flexibility index (Phi) is 4.29. The largest absolute Gasteiger partial charge is 0.492 e. The van der Waals surface area contributed by atoms with Gasteiger partial charge in [0.25, 0.3) is 0 Å². The van der Waals surface area contributed by atoms with E-state index < -0.39 is 5.97 Å². The quantitative estimate of drug-likeness (QED) is 0.862. The molecule has 2 aliphatic heterocycles. The molecule has 0 radical (unpaired) electrons. The molecule has 3 rings (SSSR count). The molecule has 1 aromatic rings. The summed E-state index contributed by atoms with van der Waals surface area (Å²) in [6.07, 6.45) is 2.87. The zero-order chi connectivity index (χ0) is 15.5. The fourth-order valence-corrected chi connectivity index (χ4v) is 3.10. The standard InChI is InChI=1S/C16H20N2O4/c19-15-6-3-11-10-12(4-5-13(11)17-15)22-9-8-18-7-1-2-14(18)16(20)21/h4-5,10,14H,1-3,6-9H2,(H,17,19)(H,20,21)/t14-/m0/s1. The van der Waals surface area contributed by atoms with Crippen molar-refractivity contribution in [3.8, 4) is 5.75 Å². The highest BCUT2D eigenvalue weighted by Crippen LogP contribution is 2.27. The Morgan fingerprint density at radius 3 is 3.09 bits per heavy atom. The van der Waals surface area contributed by atoms with Gasteiger partial charge in [-0.05, 0) is 49.6 Å². The predicted molar refractivity (Wildman–Crippen MR) is 81.1 cm³/mol. The van der Waals surface area contributed by atoms with Crippen molar-refractivity contribution >= 4 is 17.6 Å². The van der Waals surface area contributed by atoms with Crippen molar-refractivity contribution in [3.05, 3.63) is 23.8 Å². The number of hydrogen-bond donors (Lipinski definition) is 2. The molecule has 2 aliphatic rings. The first kappa shape index (κ1) is 14.8. The molecular weight excluding hydrogens is 284 g/mol. The average Bonchev–Trinajstić information content (AvgIpc) is 2.96. The number of anilines is 1. The number of benzene rings is 1. The van der Waals surface area contributed by atoms with Crippen LogP contribution in [0, 0.1) is 0 Å². The van der Waals surface area contributed by atoms with E-state index in [9.17, 15) is 9.59 Å². The van der Waals surface area contributed by atoms with E-state index >= 15 is 0 Å². The maximum Gasteiger partial charge on any atom is 0.320 e. The van der Waals surface area contributed by atoms with Gasteiger partial charge in [0, 0.05) is 18.7 Å². The molecule has 22 heavy (non-hydrogen) atoms. The number of aliphatic carboxylic acids is 1. The van der Waals surface area contributed by atoms with E-state index in [0.29, 0.717) is 26.0 Å². The summed E-state index contributed by atoms with van der Waals surface area (Å²) in [6.45, 7) is 1.90. The SMILES string of the molecule is O=C1CCc2cc(OCCN3CCC[C@H]3C(=O)O)ccc2N1. The van der Waals surface area contributed by atoms with E-state index in [-0.39, 0.29) is 11.9 Å². The van der Waals surface area contributed by atoms with Gasteiger partial charge in [-0.2, -0.15) is 0 Å². The van der Waals surface area contributed by atoms with Gasteiger partial charge in [-0.15, -0.1) is 0 Å². The fourth-order valence-electron chi connectivity index (χ4n) is 3.10. The molecule has 0 aromatic heterocycles. The Morgan fingerprint density at radius 1 is 1.41 bits per heavy atom. The molecule has 1 atom stereocenters. The van der Waals surface area contributed by atoms with Crippen LogP contribution in [-0.2, 0) is 16.0 Å². The molecule has 1 aromatic carbocycles. The lowest BCUT2D eigenvalue weighted by molar-refractivity contribution is -0.142. The number of nitrogens with one attached hydrogen (secondary N) is 1. The zero-order valence-corrected chi connectivity index (χ0v) is 12.4. The maximum atomic E-state index is 11.3. The summed E-state index contributed by atoms with van der Waals surface area (Å²) < 4.78 is 5.74. The Bertz CT molecular complexity index is 588. The maximum absolute atomic E-state index is 11.3. The third kappa shape index (κ3) is 3.22. The molecule has 2 N–H and O–H groups in total. The molecule has 0 bridgehead atoms. The summed E-state index contributed by atoms with van der Waals surface area (Å²) in [5.74, 6) is 0.0675. The van der Waals surface area contributed by atoms with Gasteiger partial charge >= 0.3 is 5.97 Å². The number of carbonyl (C=O) groups excluding carboxylic acids is 1. The third-order valence-electron chi connectivity index (χ3n) is 4.27. The molecule has 2 heterocycles. The summed E-state index contributed by atoms with van der Waals surface area (Å²) in [5.41, 5.74) is 1.94. The number of likely N-dealkylation sites (tertiary alicyclic amines) is 1. The first-order chi connectivity index (χ1) is 10.6. The lowest BCUT2D eigenvalue weighted by atomic mass is 10.0. The first-order valence-corrected chi connectivity index (χ1v) is 7.66. The van der Waals surface area contributed by atoms with E-state index in [1.54, 1.807) is 0 Å². The fraction of sp³-hybridized carbons (Fsp3) is 0.500. The van der Waals surface area contributed by atoms with Crippen LogP contribution in [0.4, 0.5) is 5.69 Å². The molecule has 1 saturated heterocycles. The minimum atomic E-state index is -0.748. The van der Waals surface area contributed by atoms with E-state index in [0.717, 1.165) is 36.4 Å². The lowest BCUT2D eigenvalue weighted by Gasteiger charge is -2.21. The Balaban J connectivity index is 1.54. The minimum absolute atomic E-state index is 0.0508. The molecule has 0 spiro atoms. The number of nitrogens with zero attached hydrogens (tertiary/aromatic N) is 1. The van der Waals surface area contributed by atoms with Crippen LogP contribution < -0.4 is 10.1 Å². The third-order valence-corrected chi connectivity index (χ3v) is 4.27. The molecule has 1 fully saturated rings. The Morgan fingerprint density at radius 2 is 2.27 bits per heavy atom. The van der Waals surface area contributed by atoms with E-state index in [4.69, 9.17) is 9.84 Å². The minimum Gasteiger partial charge on any atom is -0.492 e. The summed E-state index contributed by atoms with van der Waals surface area (Å²) >= 11 is 0. The van der Waals surface area contributed by atoms with Gasteiger partial charge in [0.05, 0.1) is 0 Å². The number of ether oxygens (including phenoxy) is 1. The van der Waals surface area contributed by atoms with Crippen LogP contribution in [0.25, 0.3) is 0 Å². The average molecular weight is 304 g/mol. The van der Waals surface area contributed by atoms with Crippen LogP contribution in [-0.4, -0.2) is 47.6 Å². The number of aryl methyl sites for hydroxylation is 1. The highest BCUT2D eigenvalue weighted by atomic mass is 16.5. The van der Waals surface area contributed by atoms with Crippen molar-refractivity contribution in [2.45, 2.75) is 31.7 Å². The monoisotopic (exact) mass is 304 g/mol. The van der Waals surface area contributed by atoms with Crippen LogP contribution >= 0.6 is 0 Å². The van der Waals surface area contributed by atoms with Crippen molar-refractivity contribution < 1.29 is 19.4 Å². The highest BCUT2D eigenvalue weighted by Gasteiger charge is 2.29. The second-order valence-electron chi connectivity index (χ2n) is 5.75. The summed E-state index contributed by atoms with van der Waals surface area (Å²) in [7, 11) is 0. The van der Waals surface area contributed by atoms with Crippen molar-refractivity contribution in [1.29, 1.82) is 0 Å². The molecule has 118 valence electrons. The van der Waals surface area contributed by atoms with Gasteiger partial charge in [-0.25, -0.2) is 0 Å². The number of fused-ring (bicyclic) bond motifs is 1. The number of carbonyl (C=O) groups is 2. The number of hydrogen-bond acceptors (Lipinski definition) is 4. The van der Waals surface area contributed by atoms with Crippen LogP contribution in [0.15, 0.2) is 18.2 Å². The van der Waals surface area contributed by atoms with Gasteiger partial charge in [0.15, 0.2) is 0 Å². The van der Waals surface area contributed by atoms with Crippen molar-refractivity contribution in [3.63, 3.8) is 0 Å². The molecule has 0 unspecified atom stereocenters. The van der Waals surface area contributed by atoms with Crippen LogP contribution in [0.5, 0.6) is 5.75 Å². The van der Waals surface area contributed by atoms with Crippen molar-refractivity contribution in [1.82, 2.24) is 4.90 Å². The highest BCUT2D eigenvalue weighted by molar-refractivity contribution is 5.93. The molecule has 6 nitrogen and oxygen atoms in total. The topological polar surface area (TPSA) is 78.9 Å². The number of amides is 1. The second kappa shape index (κ2) is 6.36. The van der Waals surface area contributed by atoms with Crippen LogP contribution in [0.3, 0.4) is 0 Å². The van der Waals surface area contributed by atoms with Gasteiger partial charge in [0.2, 0.25) is 5.91 Å². The summed E-state index contributed by atoms with van der Waals surface area (Å²) in [6, 6.07) is 5.27. The lowest BCUT2D eigenvalue weighted by Crippen LogP contribution is -2.38. The molecule has 0 aliphatic carbocycles. The zero-order valence-electron chi connectivity index (χ0n) is 12.4. The molecule has 6 heteroatoms. The van der Waals surface area contributed by atoms with Crippen LogP contribution in [0.1, 0.15) is 24.8 Å². The molecule has 0 saturated carbocycles. The smallest absolute Gasteiger partial charge is 0.320 e. The number of carboxylic acid groups (broad SMARTS) is 1. The molecule has 1 amide bonds. The summed E-state index contributed by atoms with van der Waals surface area (Å²) in [5, 5.41) is 12.0. The normalized spacial score (nSPS) is 21.3. The van der Waals surface area contributed by atoms with Crippen LogP contribution in [0.2, 0.25) is 0 Å². The first-order valence-electron chi connectivity index (χ1n) is 7.66. The van der Waals surface area contributed by atoms with E-state index in [1.807, 2.05) is 23.1 Å². The second-order valence-corrected chi connectivity index (χ2v) is 5.75. The van der Waals surface area contributed by atoms with Gasteiger partial charge in [-0.3, -0.25) is 14.5 Å².